The van der Waals surface area contributed by atoms with E-state index in [0.29, 0.717) is 6.54 Å². The van der Waals surface area contributed by atoms with Gasteiger partial charge in [-0.3, -0.25) is 14.9 Å². The van der Waals surface area contributed by atoms with Gasteiger partial charge in [0, 0.05) is 25.4 Å². The Balaban J connectivity index is 2.59. The van der Waals surface area contributed by atoms with Crippen LogP contribution in [0.4, 0.5) is 11.5 Å². The van der Waals surface area contributed by atoms with Gasteiger partial charge < -0.3 is 15.5 Å². The maximum atomic E-state index is 11.8. The number of pyridine rings is 1. The third-order valence-corrected chi connectivity index (χ3v) is 2.59. The van der Waals surface area contributed by atoms with Crippen LogP contribution in [0.5, 0.6) is 0 Å². The number of rotatable bonds is 7. The first-order chi connectivity index (χ1) is 9.41. The van der Waals surface area contributed by atoms with Gasteiger partial charge in [0.1, 0.15) is 6.04 Å². The Bertz CT molecular complexity index is 478. The zero-order chi connectivity index (χ0) is 15.1. The molecule has 0 spiro atoms. The highest BCUT2D eigenvalue weighted by Gasteiger charge is 2.19. The van der Waals surface area contributed by atoms with Crippen LogP contribution in [-0.2, 0) is 4.79 Å². The van der Waals surface area contributed by atoms with Crippen LogP contribution in [0.1, 0.15) is 6.92 Å². The number of nitrogens with one attached hydrogen (secondary N) is 2. The average Bonchev–Trinajstić information content (AvgIpc) is 2.38. The monoisotopic (exact) mass is 281 g/mol. The summed E-state index contributed by atoms with van der Waals surface area (Å²) in [6.07, 6.45) is 1.44. The van der Waals surface area contributed by atoms with E-state index in [1.54, 1.807) is 6.92 Å². The summed E-state index contributed by atoms with van der Waals surface area (Å²) in [5.74, 6) is -0.139. The Labute approximate surface area is 117 Å². The van der Waals surface area contributed by atoms with Crippen LogP contribution in [0.15, 0.2) is 18.3 Å². The molecule has 0 aliphatic carbocycles. The number of likely N-dealkylation sites (N-methyl/N-ethyl adjacent to an activating group) is 1. The molecule has 0 aliphatic heterocycles. The lowest BCUT2D eigenvalue weighted by Crippen LogP contribution is -2.40. The second-order valence-corrected chi connectivity index (χ2v) is 4.59. The summed E-state index contributed by atoms with van der Waals surface area (Å²) in [5.41, 5.74) is -0.152. The largest absolute Gasteiger partial charge is 0.353 e. The normalized spacial score (nSPS) is 12.0. The van der Waals surface area contributed by atoms with E-state index in [1.807, 2.05) is 19.0 Å². The summed E-state index contributed by atoms with van der Waals surface area (Å²) in [5, 5.41) is 16.3. The molecule has 20 heavy (non-hydrogen) atoms. The lowest BCUT2D eigenvalue weighted by Gasteiger charge is -2.15. The summed E-state index contributed by atoms with van der Waals surface area (Å²) in [4.78, 5) is 28.0. The van der Waals surface area contributed by atoms with Crippen LogP contribution in [0, 0.1) is 10.1 Å². The zero-order valence-corrected chi connectivity index (χ0v) is 11.8. The van der Waals surface area contributed by atoms with Gasteiger partial charge >= 0.3 is 5.69 Å². The number of anilines is 1. The van der Waals surface area contributed by atoms with Crippen molar-refractivity contribution in [1.29, 1.82) is 0 Å². The third-order valence-electron chi connectivity index (χ3n) is 2.59. The minimum absolute atomic E-state index is 0.0905. The fraction of sp³-hybridized carbons (Fsp3) is 0.500. The number of carbonyl (C=O) groups excluding carboxylic acids is 1. The van der Waals surface area contributed by atoms with Crippen molar-refractivity contribution in [2.24, 2.45) is 0 Å². The van der Waals surface area contributed by atoms with Crippen molar-refractivity contribution in [2.75, 3.05) is 32.5 Å². The molecule has 1 amide bonds. The molecule has 2 N–H and O–H groups in total. The van der Waals surface area contributed by atoms with Gasteiger partial charge in [0.05, 0.1) is 4.92 Å². The number of nitro groups is 1. The Hall–Kier alpha value is -2.22. The zero-order valence-electron chi connectivity index (χ0n) is 11.8. The fourth-order valence-corrected chi connectivity index (χ4v) is 1.48. The second-order valence-electron chi connectivity index (χ2n) is 4.59. The van der Waals surface area contributed by atoms with Crippen LogP contribution in [-0.4, -0.2) is 53.9 Å². The van der Waals surface area contributed by atoms with E-state index in [4.69, 9.17) is 0 Å². The van der Waals surface area contributed by atoms with E-state index in [1.165, 1.54) is 18.3 Å². The Morgan fingerprint density at radius 1 is 1.55 bits per heavy atom. The summed E-state index contributed by atoms with van der Waals surface area (Å²) in [6.45, 7) is 2.87. The van der Waals surface area contributed by atoms with Gasteiger partial charge in [-0.05, 0) is 27.1 Å². The van der Waals surface area contributed by atoms with Gasteiger partial charge in [0.2, 0.25) is 11.7 Å². The molecule has 0 saturated carbocycles. The van der Waals surface area contributed by atoms with E-state index in [9.17, 15) is 14.9 Å². The number of hydrogen-bond donors (Lipinski definition) is 2. The molecular weight excluding hydrogens is 262 g/mol. The molecule has 0 bridgehead atoms. The number of aromatic nitrogens is 1. The van der Waals surface area contributed by atoms with E-state index in [2.05, 4.69) is 15.6 Å². The van der Waals surface area contributed by atoms with Crippen molar-refractivity contribution in [2.45, 2.75) is 13.0 Å². The Morgan fingerprint density at radius 2 is 2.25 bits per heavy atom. The molecule has 1 rings (SSSR count). The molecule has 1 heterocycles. The van der Waals surface area contributed by atoms with Gasteiger partial charge in [-0.15, -0.1) is 0 Å². The first kappa shape index (κ1) is 15.8. The number of hydrogen-bond acceptors (Lipinski definition) is 6. The highest BCUT2D eigenvalue weighted by molar-refractivity contribution is 5.84. The summed E-state index contributed by atoms with van der Waals surface area (Å²) >= 11 is 0. The number of amides is 1. The molecule has 0 radical (unpaired) electrons. The van der Waals surface area contributed by atoms with Crippen molar-refractivity contribution >= 4 is 17.4 Å². The Kier molecular flexibility index (Phi) is 5.85. The molecule has 0 aliphatic rings. The molecule has 1 aromatic rings. The molecule has 0 aromatic carbocycles. The van der Waals surface area contributed by atoms with Crippen LogP contribution in [0.3, 0.4) is 0 Å². The van der Waals surface area contributed by atoms with Crippen molar-refractivity contribution in [3.05, 3.63) is 28.4 Å². The van der Waals surface area contributed by atoms with E-state index in [-0.39, 0.29) is 17.4 Å². The minimum atomic E-state index is -0.606. The minimum Gasteiger partial charge on any atom is -0.353 e. The van der Waals surface area contributed by atoms with Crippen molar-refractivity contribution in [3.63, 3.8) is 0 Å². The predicted molar refractivity (Wildman–Crippen MR) is 75.5 cm³/mol. The maximum Gasteiger partial charge on any atom is 0.311 e. The van der Waals surface area contributed by atoms with Crippen molar-refractivity contribution in [3.8, 4) is 0 Å². The third kappa shape index (κ3) is 4.81. The highest BCUT2D eigenvalue weighted by Crippen LogP contribution is 2.20. The lowest BCUT2D eigenvalue weighted by molar-refractivity contribution is -0.384. The first-order valence-electron chi connectivity index (χ1n) is 6.20. The topological polar surface area (TPSA) is 100 Å². The molecule has 1 unspecified atom stereocenters. The smallest absolute Gasteiger partial charge is 0.311 e. The molecule has 8 nitrogen and oxygen atoms in total. The average molecular weight is 281 g/mol. The van der Waals surface area contributed by atoms with Gasteiger partial charge in [-0.25, -0.2) is 4.98 Å². The van der Waals surface area contributed by atoms with Crippen LogP contribution in [0.25, 0.3) is 0 Å². The SMILES string of the molecule is CC(Nc1ncccc1[N+](=O)[O-])C(=O)NCCN(C)C. The summed E-state index contributed by atoms with van der Waals surface area (Å²) < 4.78 is 0. The summed E-state index contributed by atoms with van der Waals surface area (Å²) in [7, 11) is 3.82. The molecular formula is C12H19N5O3. The number of nitrogens with zero attached hydrogens (tertiary/aromatic N) is 3. The van der Waals surface area contributed by atoms with Gasteiger partial charge in [-0.2, -0.15) is 0 Å². The van der Waals surface area contributed by atoms with E-state index in [0.717, 1.165) is 6.54 Å². The molecule has 0 saturated heterocycles. The van der Waals surface area contributed by atoms with E-state index >= 15 is 0 Å². The Morgan fingerprint density at radius 3 is 2.85 bits per heavy atom. The molecule has 8 heteroatoms. The standard InChI is InChI=1S/C12H19N5O3/c1-9(12(18)14-7-8-16(2)3)15-11-10(17(19)20)5-4-6-13-11/h4-6,9H,7-8H2,1-3H3,(H,13,15)(H,14,18). The van der Waals surface area contributed by atoms with E-state index < -0.39 is 11.0 Å². The quantitative estimate of drug-likeness (QED) is 0.556. The molecule has 1 aromatic heterocycles. The van der Waals surface area contributed by atoms with Crippen LogP contribution >= 0.6 is 0 Å². The summed E-state index contributed by atoms with van der Waals surface area (Å²) in [6, 6.07) is 2.21. The van der Waals surface area contributed by atoms with Crippen molar-refractivity contribution in [1.82, 2.24) is 15.2 Å². The molecule has 110 valence electrons. The fourth-order valence-electron chi connectivity index (χ4n) is 1.48. The van der Waals surface area contributed by atoms with Gasteiger partial charge in [0.15, 0.2) is 0 Å². The first-order valence-corrected chi connectivity index (χ1v) is 6.20. The van der Waals surface area contributed by atoms with Crippen molar-refractivity contribution < 1.29 is 9.72 Å². The second kappa shape index (κ2) is 7.39. The predicted octanol–water partition coefficient (Wildman–Crippen LogP) is 0.468. The van der Waals surface area contributed by atoms with Crippen LogP contribution in [0.2, 0.25) is 0 Å². The lowest BCUT2D eigenvalue weighted by atomic mass is 10.3. The molecule has 1 atom stereocenters. The van der Waals surface area contributed by atoms with Gasteiger partial charge in [-0.1, -0.05) is 0 Å². The molecule has 0 fully saturated rings. The van der Waals surface area contributed by atoms with Crippen LogP contribution < -0.4 is 10.6 Å². The highest BCUT2D eigenvalue weighted by atomic mass is 16.6. The maximum absolute atomic E-state index is 11.8. The number of carbonyl (C=O) groups is 1. The van der Waals surface area contributed by atoms with Gasteiger partial charge in [0.25, 0.3) is 0 Å².